The summed E-state index contributed by atoms with van der Waals surface area (Å²) < 4.78 is 25.5. The van der Waals surface area contributed by atoms with Crippen molar-refractivity contribution in [2.24, 2.45) is 11.8 Å². The van der Waals surface area contributed by atoms with Gasteiger partial charge in [-0.15, -0.1) is 0 Å². The Labute approximate surface area is 288 Å². The van der Waals surface area contributed by atoms with Gasteiger partial charge in [0.2, 0.25) is 11.8 Å². The van der Waals surface area contributed by atoms with Crippen LogP contribution in [0.2, 0.25) is 0 Å². The van der Waals surface area contributed by atoms with Gasteiger partial charge < -0.3 is 39.8 Å². The van der Waals surface area contributed by atoms with E-state index in [2.05, 4.69) is 33.2 Å². The second kappa shape index (κ2) is 14.5. The lowest BCUT2D eigenvalue weighted by Gasteiger charge is -2.31. The highest BCUT2D eigenvalue weighted by Gasteiger charge is 2.64. The fraction of sp³-hybridized carbons (Fsp3) is 0.647. The fourth-order valence-corrected chi connectivity index (χ4v) is 6.54. The molecular formula is C34H45IN2O10. The van der Waals surface area contributed by atoms with Crippen LogP contribution in [-0.4, -0.2) is 88.5 Å². The van der Waals surface area contributed by atoms with Gasteiger partial charge in [-0.1, -0.05) is 0 Å². The third-order valence-corrected chi connectivity index (χ3v) is 9.49. The highest BCUT2D eigenvalue weighted by molar-refractivity contribution is 14.1. The summed E-state index contributed by atoms with van der Waals surface area (Å²) in [6.45, 7) is 6.13. The summed E-state index contributed by atoms with van der Waals surface area (Å²) in [5.41, 5.74) is -0.0670. The van der Waals surface area contributed by atoms with Crippen molar-refractivity contribution in [3.05, 3.63) is 45.0 Å². The number of carbonyl (C=O) groups excluding carboxylic acids is 4. The summed E-state index contributed by atoms with van der Waals surface area (Å²) in [5, 5.41) is 25.6. The van der Waals surface area contributed by atoms with Gasteiger partial charge in [0.1, 0.15) is 30.0 Å². The van der Waals surface area contributed by atoms with Crippen molar-refractivity contribution in [3.63, 3.8) is 0 Å². The first kappa shape index (κ1) is 35.7. The largest absolute Gasteiger partial charge is 0.460 e. The number of rotatable bonds is 13. The molecule has 13 heteroatoms. The lowest BCUT2D eigenvalue weighted by molar-refractivity contribution is -0.209. The number of ether oxygens (including phenoxy) is 4. The quantitative estimate of drug-likeness (QED) is 0.173. The van der Waals surface area contributed by atoms with E-state index in [1.165, 1.54) is 6.92 Å². The average Bonchev–Trinajstić information content (AvgIpc) is 3.94. The van der Waals surface area contributed by atoms with Crippen molar-refractivity contribution in [1.29, 1.82) is 0 Å². The van der Waals surface area contributed by atoms with Gasteiger partial charge >= 0.3 is 11.9 Å². The molecule has 4 N–H and O–H groups in total. The number of benzene rings is 1. The van der Waals surface area contributed by atoms with Crippen LogP contribution in [0.3, 0.4) is 0 Å². The molecule has 1 aliphatic heterocycles. The SMILES string of the molecule is CC(O)C(NC(=O)C1=CC2OC(C3CC3)(C3CC3)OC2C(OC(=O)c2ccc(I)cc2)C1)C(=O)NC(CO)CCC(=O)OC(C)(C)C. The van der Waals surface area contributed by atoms with Crippen LogP contribution in [0, 0.1) is 15.4 Å². The first-order chi connectivity index (χ1) is 22.2. The van der Waals surface area contributed by atoms with Gasteiger partial charge in [-0.3, -0.25) is 14.4 Å². The van der Waals surface area contributed by atoms with Crippen LogP contribution in [0.15, 0.2) is 35.9 Å². The van der Waals surface area contributed by atoms with Gasteiger partial charge in [0.25, 0.3) is 0 Å². The molecule has 258 valence electrons. The number of amides is 2. The molecule has 2 amide bonds. The number of halogens is 1. The van der Waals surface area contributed by atoms with Crippen LogP contribution < -0.4 is 10.6 Å². The molecule has 1 aromatic rings. The number of nitrogens with one attached hydrogen (secondary N) is 2. The molecule has 0 bridgehead atoms. The van der Waals surface area contributed by atoms with E-state index in [9.17, 15) is 29.4 Å². The summed E-state index contributed by atoms with van der Waals surface area (Å²) in [4.78, 5) is 52.3. The van der Waals surface area contributed by atoms with E-state index in [1.807, 2.05) is 0 Å². The van der Waals surface area contributed by atoms with Crippen molar-refractivity contribution < 1.29 is 48.3 Å². The van der Waals surface area contributed by atoms with Crippen molar-refractivity contribution in [2.45, 2.75) is 121 Å². The zero-order valence-corrected chi connectivity index (χ0v) is 29.4. The Hall–Kier alpha value is -2.59. The minimum absolute atomic E-state index is 0.0151. The van der Waals surface area contributed by atoms with Gasteiger partial charge in [-0.25, -0.2) is 4.79 Å². The highest BCUT2D eigenvalue weighted by atomic mass is 127. The van der Waals surface area contributed by atoms with Gasteiger partial charge in [-0.05, 0) is 113 Å². The predicted octanol–water partition coefficient (Wildman–Crippen LogP) is 2.91. The van der Waals surface area contributed by atoms with Crippen molar-refractivity contribution >= 4 is 46.3 Å². The normalized spacial score (nSPS) is 25.4. The number of hydrogen-bond donors (Lipinski definition) is 4. The van der Waals surface area contributed by atoms with Crippen molar-refractivity contribution in [3.8, 4) is 0 Å². The maximum absolute atomic E-state index is 13.7. The smallest absolute Gasteiger partial charge is 0.338 e. The van der Waals surface area contributed by atoms with E-state index >= 15 is 0 Å². The van der Waals surface area contributed by atoms with E-state index in [4.69, 9.17) is 18.9 Å². The molecule has 3 aliphatic carbocycles. The number of aliphatic hydroxyl groups excluding tert-OH is 2. The zero-order valence-electron chi connectivity index (χ0n) is 27.2. The molecule has 2 saturated carbocycles. The summed E-state index contributed by atoms with van der Waals surface area (Å²) in [7, 11) is 0. The first-order valence-corrected chi connectivity index (χ1v) is 17.4. The second-order valence-electron chi connectivity index (χ2n) is 14.0. The lowest BCUT2D eigenvalue weighted by Crippen LogP contribution is -2.55. The van der Waals surface area contributed by atoms with E-state index in [-0.39, 0.29) is 36.7 Å². The Kier molecular flexibility index (Phi) is 11.0. The van der Waals surface area contributed by atoms with Crippen LogP contribution in [0.5, 0.6) is 0 Å². The number of fused-ring (bicyclic) bond motifs is 1. The highest BCUT2D eigenvalue weighted by Crippen LogP contribution is 2.59. The Morgan fingerprint density at radius 3 is 2.23 bits per heavy atom. The van der Waals surface area contributed by atoms with Crippen LogP contribution in [-0.2, 0) is 33.3 Å². The van der Waals surface area contributed by atoms with Gasteiger partial charge in [-0.2, -0.15) is 0 Å². The Balaban J connectivity index is 1.29. The molecule has 3 fully saturated rings. The topological polar surface area (TPSA) is 170 Å². The summed E-state index contributed by atoms with van der Waals surface area (Å²) in [5.74, 6) is -2.66. The minimum Gasteiger partial charge on any atom is -0.460 e. The number of hydrogen-bond acceptors (Lipinski definition) is 10. The maximum Gasteiger partial charge on any atom is 0.338 e. The van der Waals surface area contributed by atoms with E-state index in [1.54, 1.807) is 51.1 Å². The lowest BCUT2D eigenvalue weighted by atomic mass is 9.91. The first-order valence-electron chi connectivity index (χ1n) is 16.3. The third-order valence-electron chi connectivity index (χ3n) is 8.78. The summed E-state index contributed by atoms with van der Waals surface area (Å²) in [6, 6.07) is 4.78. The second-order valence-corrected chi connectivity index (χ2v) is 15.2. The molecule has 47 heavy (non-hydrogen) atoms. The van der Waals surface area contributed by atoms with E-state index < -0.39 is 78.2 Å². The van der Waals surface area contributed by atoms with Gasteiger partial charge in [0.05, 0.1) is 24.3 Å². The number of aliphatic hydroxyl groups is 2. The van der Waals surface area contributed by atoms with Crippen LogP contribution in [0.25, 0.3) is 0 Å². The molecule has 1 saturated heterocycles. The monoisotopic (exact) mass is 768 g/mol. The maximum atomic E-state index is 13.7. The molecule has 12 nitrogen and oxygen atoms in total. The Morgan fingerprint density at radius 2 is 1.68 bits per heavy atom. The van der Waals surface area contributed by atoms with Crippen LogP contribution in [0.4, 0.5) is 0 Å². The van der Waals surface area contributed by atoms with Crippen LogP contribution in [0.1, 0.15) is 83.0 Å². The molecule has 5 rings (SSSR count). The molecule has 1 aromatic carbocycles. The third kappa shape index (κ3) is 8.91. The molecule has 6 atom stereocenters. The molecule has 6 unspecified atom stereocenters. The molecular weight excluding hydrogens is 723 g/mol. The molecule has 0 spiro atoms. The van der Waals surface area contributed by atoms with Crippen molar-refractivity contribution in [1.82, 2.24) is 10.6 Å². The fourth-order valence-electron chi connectivity index (χ4n) is 6.18. The molecule has 1 heterocycles. The van der Waals surface area contributed by atoms with Crippen molar-refractivity contribution in [2.75, 3.05) is 6.61 Å². The minimum atomic E-state index is -1.37. The molecule has 4 aliphatic rings. The summed E-state index contributed by atoms with van der Waals surface area (Å²) in [6.07, 6.45) is 2.31. The van der Waals surface area contributed by atoms with Gasteiger partial charge in [0, 0.05) is 33.8 Å². The Bertz CT molecular complexity index is 1350. The van der Waals surface area contributed by atoms with Crippen LogP contribution >= 0.6 is 22.6 Å². The number of carbonyl (C=O) groups is 4. The van der Waals surface area contributed by atoms with E-state index in [0.29, 0.717) is 5.56 Å². The Morgan fingerprint density at radius 1 is 1.04 bits per heavy atom. The number of esters is 2. The molecule has 0 radical (unpaired) electrons. The van der Waals surface area contributed by atoms with E-state index in [0.717, 1.165) is 29.3 Å². The zero-order chi connectivity index (χ0) is 34.1. The summed E-state index contributed by atoms with van der Waals surface area (Å²) >= 11 is 2.15. The average molecular weight is 769 g/mol. The predicted molar refractivity (Wildman–Crippen MR) is 177 cm³/mol. The standard InChI is InChI=1S/C34H45IN2O10/c1-18(39)28(31(42)36-24(17-38)13-14-27(40)46-33(2,3)4)37-30(41)20-15-25(44-32(43)19-5-11-23(35)12-6-19)29-26(16-20)45-34(47-29,21-7-8-21)22-9-10-22/h5-6,11-12,16,18,21-22,24-26,28-29,38-39H,7-10,13-15,17H2,1-4H3,(H,36,42)(H,37,41). The molecule has 0 aromatic heterocycles. The van der Waals surface area contributed by atoms with Gasteiger partial charge in [0.15, 0.2) is 5.79 Å².